The predicted octanol–water partition coefficient (Wildman–Crippen LogP) is -2.10. The summed E-state index contributed by atoms with van der Waals surface area (Å²) in [5, 5.41) is 0. The van der Waals surface area contributed by atoms with Gasteiger partial charge < -0.3 is 4.98 Å². The number of hydrogen-bond donors (Lipinski definition) is 3. The second-order valence-electron chi connectivity index (χ2n) is 2.94. The maximum absolute atomic E-state index is 11.4. The Labute approximate surface area is 86.2 Å². The first-order chi connectivity index (χ1) is 7.58. The molecule has 0 amide bonds. The monoisotopic (exact) mass is 222 g/mol. The topological polar surface area (TPSA) is 121 Å². The highest BCUT2D eigenvalue weighted by Crippen LogP contribution is 1.88. The van der Waals surface area contributed by atoms with E-state index in [1.807, 2.05) is 9.97 Å². The van der Waals surface area contributed by atoms with Crippen LogP contribution in [0.2, 0.25) is 0 Å². The van der Waals surface area contributed by atoms with E-state index >= 15 is 0 Å². The van der Waals surface area contributed by atoms with Crippen molar-refractivity contribution in [3.8, 4) is 5.69 Å². The number of aromatic nitrogens is 4. The van der Waals surface area contributed by atoms with Crippen molar-refractivity contribution in [1.82, 2.24) is 19.5 Å². The summed E-state index contributed by atoms with van der Waals surface area (Å²) in [6, 6.07) is 1.09. The van der Waals surface area contributed by atoms with Crippen molar-refractivity contribution in [2.75, 3.05) is 0 Å². The Morgan fingerprint density at radius 2 is 1.81 bits per heavy atom. The third-order valence-corrected chi connectivity index (χ3v) is 1.88. The molecular formula is C8H6N4O4. The molecule has 0 aliphatic carbocycles. The molecular weight excluding hydrogens is 216 g/mol. The summed E-state index contributed by atoms with van der Waals surface area (Å²) in [4.78, 5) is 50.4. The molecule has 0 aliphatic heterocycles. The molecule has 0 bridgehead atoms. The van der Waals surface area contributed by atoms with Gasteiger partial charge in [0.15, 0.2) is 0 Å². The number of H-pyrrole nitrogens is 3. The van der Waals surface area contributed by atoms with Crippen LogP contribution >= 0.6 is 0 Å². The van der Waals surface area contributed by atoms with Crippen molar-refractivity contribution in [1.29, 1.82) is 0 Å². The van der Waals surface area contributed by atoms with Crippen LogP contribution in [0.5, 0.6) is 0 Å². The van der Waals surface area contributed by atoms with Crippen LogP contribution in [0.3, 0.4) is 0 Å². The van der Waals surface area contributed by atoms with Crippen LogP contribution < -0.4 is 22.5 Å². The van der Waals surface area contributed by atoms with Crippen LogP contribution in [0.15, 0.2) is 37.6 Å². The van der Waals surface area contributed by atoms with E-state index in [4.69, 9.17) is 0 Å². The molecule has 3 N–H and O–H groups in total. The number of nitrogens with zero attached hydrogens (tertiary/aromatic N) is 1. The number of hydrogen-bond acceptors (Lipinski definition) is 4. The Morgan fingerprint density at radius 3 is 2.44 bits per heavy atom. The fourth-order valence-corrected chi connectivity index (χ4v) is 1.19. The Bertz CT molecular complexity index is 682. The second kappa shape index (κ2) is 3.50. The van der Waals surface area contributed by atoms with E-state index in [9.17, 15) is 19.2 Å². The fraction of sp³-hybridized carbons (Fsp3) is 0. The van der Waals surface area contributed by atoms with E-state index < -0.39 is 22.5 Å². The molecule has 0 saturated heterocycles. The molecule has 82 valence electrons. The minimum Gasteiger partial charge on any atom is -0.312 e. The van der Waals surface area contributed by atoms with Gasteiger partial charge in [-0.1, -0.05) is 0 Å². The molecule has 8 heteroatoms. The molecule has 0 radical (unpaired) electrons. The quantitative estimate of drug-likeness (QED) is 0.511. The van der Waals surface area contributed by atoms with Crippen molar-refractivity contribution >= 4 is 0 Å². The predicted molar refractivity (Wildman–Crippen MR) is 53.9 cm³/mol. The van der Waals surface area contributed by atoms with Crippen LogP contribution in [0.25, 0.3) is 5.69 Å². The smallest absolute Gasteiger partial charge is 0.312 e. The fourth-order valence-electron chi connectivity index (χ4n) is 1.19. The lowest BCUT2D eigenvalue weighted by molar-refractivity contribution is 0.861. The Balaban J connectivity index is 2.78. The molecule has 2 rings (SSSR count). The Kier molecular flexibility index (Phi) is 2.16. The van der Waals surface area contributed by atoms with Crippen molar-refractivity contribution in [3.63, 3.8) is 0 Å². The van der Waals surface area contributed by atoms with Gasteiger partial charge in [0.05, 0.1) is 0 Å². The van der Waals surface area contributed by atoms with Gasteiger partial charge in [0.1, 0.15) is 5.69 Å². The van der Waals surface area contributed by atoms with Gasteiger partial charge in [0.2, 0.25) is 0 Å². The number of nitrogens with one attached hydrogen (secondary N) is 3. The summed E-state index contributed by atoms with van der Waals surface area (Å²) in [6.45, 7) is 0. The zero-order valence-corrected chi connectivity index (χ0v) is 7.81. The van der Waals surface area contributed by atoms with Crippen LogP contribution in [0, 0.1) is 0 Å². The first-order valence-electron chi connectivity index (χ1n) is 4.22. The van der Waals surface area contributed by atoms with Gasteiger partial charge in [0.25, 0.3) is 11.1 Å². The third kappa shape index (κ3) is 1.63. The van der Waals surface area contributed by atoms with Gasteiger partial charge in [-0.3, -0.25) is 24.1 Å². The van der Waals surface area contributed by atoms with Crippen LogP contribution in [-0.4, -0.2) is 19.5 Å². The van der Waals surface area contributed by atoms with E-state index in [0.29, 0.717) is 0 Å². The minimum absolute atomic E-state index is 0.0825. The van der Waals surface area contributed by atoms with Gasteiger partial charge in [-0.2, -0.15) is 0 Å². The minimum atomic E-state index is -0.759. The molecule has 0 aliphatic rings. The summed E-state index contributed by atoms with van der Waals surface area (Å²) in [7, 11) is 0. The van der Waals surface area contributed by atoms with Crippen molar-refractivity contribution < 1.29 is 0 Å². The lowest BCUT2D eigenvalue weighted by Gasteiger charge is -2.01. The standard InChI is InChI=1S/C8H6N4O4/c13-5-1-2-12(8(16)10-5)4-3-9-7(15)11-6(4)14/h1-3H,(H,10,13,16)(H2,9,11,14,15). The van der Waals surface area contributed by atoms with E-state index in [1.165, 1.54) is 0 Å². The first-order valence-corrected chi connectivity index (χ1v) is 4.22. The lowest BCUT2D eigenvalue weighted by atomic mass is 10.5. The lowest BCUT2D eigenvalue weighted by Crippen LogP contribution is -2.33. The highest BCUT2D eigenvalue weighted by atomic mass is 16.2. The average molecular weight is 222 g/mol. The molecule has 0 spiro atoms. The van der Waals surface area contributed by atoms with Crippen LogP contribution in [0.1, 0.15) is 0 Å². The first kappa shape index (κ1) is 9.90. The summed E-state index contributed by atoms with van der Waals surface area (Å²) in [5.74, 6) is 0. The maximum Gasteiger partial charge on any atom is 0.333 e. The molecule has 2 aromatic heterocycles. The molecule has 8 nitrogen and oxygen atoms in total. The molecule has 0 saturated carbocycles. The van der Waals surface area contributed by atoms with Crippen LogP contribution in [-0.2, 0) is 0 Å². The largest absolute Gasteiger partial charge is 0.333 e. The zero-order valence-electron chi connectivity index (χ0n) is 7.81. The Morgan fingerprint density at radius 1 is 1.06 bits per heavy atom. The van der Waals surface area contributed by atoms with Crippen molar-refractivity contribution in [3.05, 3.63) is 60.1 Å². The summed E-state index contributed by atoms with van der Waals surface area (Å²) >= 11 is 0. The van der Waals surface area contributed by atoms with Gasteiger partial charge in [-0.15, -0.1) is 0 Å². The normalized spacial score (nSPS) is 10.2. The van der Waals surface area contributed by atoms with Gasteiger partial charge in [0, 0.05) is 18.5 Å². The molecule has 16 heavy (non-hydrogen) atoms. The van der Waals surface area contributed by atoms with E-state index in [2.05, 4.69) is 4.98 Å². The Hall–Kier alpha value is -2.64. The highest BCUT2D eigenvalue weighted by Gasteiger charge is 2.04. The molecule has 0 atom stereocenters. The third-order valence-electron chi connectivity index (χ3n) is 1.88. The SMILES string of the molecule is O=c1ccn(-c2c[nH]c(=O)[nH]c2=O)c(=O)[nH]1. The molecule has 2 heterocycles. The second-order valence-corrected chi connectivity index (χ2v) is 2.94. The zero-order chi connectivity index (χ0) is 11.7. The van der Waals surface area contributed by atoms with E-state index in [0.717, 1.165) is 23.0 Å². The molecule has 0 fully saturated rings. The number of rotatable bonds is 1. The van der Waals surface area contributed by atoms with Gasteiger partial charge in [-0.25, -0.2) is 9.59 Å². The van der Waals surface area contributed by atoms with Gasteiger partial charge >= 0.3 is 11.4 Å². The van der Waals surface area contributed by atoms with Crippen molar-refractivity contribution in [2.45, 2.75) is 0 Å². The summed E-state index contributed by atoms with van der Waals surface area (Å²) < 4.78 is 0.913. The van der Waals surface area contributed by atoms with Crippen molar-refractivity contribution in [2.24, 2.45) is 0 Å². The highest BCUT2D eigenvalue weighted by molar-refractivity contribution is 5.23. The summed E-state index contributed by atoms with van der Waals surface area (Å²) in [6.07, 6.45) is 2.23. The molecule has 2 aromatic rings. The number of aromatic amines is 3. The van der Waals surface area contributed by atoms with E-state index in [1.54, 1.807) is 0 Å². The van der Waals surface area contributed by atoms with E-state index in [-0.39, 0.29) is 5.69 Å². The maximum atomic E-state index is 11.4. The average Bonchev–Trinajstić information content (AvgIpc) is 2.19. The van der Waals surface area contributed by atoms with Gasteiger partial charge in [-0.05, 0) is 0 Å². The van der Waals surface area contributed by atoms with Crippen LogP contribution in [0.4, 0.5) is 0 Å². The molecule has 0 aromatic carbocycles. The molecule has 0 unspecified atom stereocenters. The summed E-state index contributed by atoms with van der Waals surface area (Å²) in [5.41, 5.74) is -2.81.